The van der Waals surface area contributed by atoms with E-state index in [1.807, 2.05) is 0 Å². The van der Waals surface area contributed by atoms with Crippen molar-refractivity contribution in [1.29, 1.82) is 5.26 Å². The van der Waals surface area contributed by atoms with Gasteiger partial charge >= 0.3 is 0 Å². The highest BCUT2D eigenvalue weighted by Crippen LogP contribution is 2.45. The maximum Gasteiger partial charge on any atom is 0.0689 e. The number of nitrogens with zero attached hydrogens (tertiary/aromatic N) is 1. The van der Waals surface area contributed by atoms with Gasteiger partial charge in [0.15, 0.2) is 0 Å². The van der Waals surface area contributed by atoms with Gasteiger partial charge in [-0.2, -0.15) is 5.26 Å². The minimum absolute atomic E-state index is 0.0407. The molecular formula is C25H45N. The Balaban J connectivity index is 1.64. The third-order valence-corrected chi connectivity index (χ3v) is 7.73. The summed E-state index contributed by atoms with van der Waals surface area (Å²) < 4.78 is 0. The zero-order chi connectivity index (χ0) is 18.7. The van der Waals surface area contributed by atoms with Crippen LogP contribution in [0.3, 0.4) is 0 Å². The number of unbranched alkanes of at least 4 members (excludes halogenated alkanes) is 4. The quantitative estimate of drug-likeness (QED) is 0.339. The molecule has 0 unspecified atom stereocenters. The minimum atomic E-state index is 0.0407. The molecule has 2 fully saturated rings. The maximum atomic E-state index is 9.89. The van der Waals surface area contributed by atoms with Crippen LogP contribution in [-0.2, 0) is 0 Å². The topological polar surface area (TPSA) is 23.8 Å². The van der Waals surface area contributed by atoms with Crippen molar-refractivity contribution in [1.82, 2.24) is 0 Å². The third kappa shape index (κ3) is 7.25. The summed E-state index contributed by atoms with van der Waals surface area (Å²) in [6.45, 7) is 4.60. The maximum absolute atomic E-state index is 9.89. The molecule has 0 amide bonds. The predicted molar refractivity (Wildman–Crippen MR) is 113 cm³/mol. The second-order valence-electron chi connectivity index (χ2n) is 9.75. The summed E-state index contributed by atoms with van der Waals surface area (Å²) in [5, 5.41) is 9.89. The molecule has 0 heterocycles. The van der Waals surface area contributed by atoms with Gasteiger partial charge in [0.1, 0.15) is 0 Å². The fraction of sp³-hybridized carbons (Fsp3) is 0.960. The molecule has 0 N–H and O–H groups in total. The molecule has 0 atom stereocenters. The summed E-state index contributed by atoms with van der Waals surface area (Å²) in [6, 6.07) is 2.79. The second-order valence-corrected chi connectivity index (χ2v) is 9.75. The first-order valence-electron chi connectivity index (χ1n) is 12.1. The zero-order valence-electron chi connectivity index (χ0n) is 17.9. The van der Waals surface area contributed by atoms with Crippen molar-refractivity contribution in [3.63, 3.8) is 0 Å². The largest absolute Gasteiger partial charge is 0.198 e. The fourth-order valence-electron chi connectivity index (χ4n) is 5.58. The molecule has 0 saturated heterocycles. The molecule has 2 saturated carbocycles. The van der Waals surface area contributed by atoms with E-state index in [0.29, 0.717) is 0 Å². The van der Waals surface area contributed by atoms with Crippen molar-refractivity contribution in [2.24, 2.45) is 23.2 Å². The number of hydrogen-bond donors (Lipinski definition) is 0. The summed E-state index contributed by atoms with van der Waals surface area (Å²) in [7, 11) is 0. The Kier molecular flexibility index (Phi) is 10.1. The first kappa shape index (κ1) is 21.8. The first-order chi connectivity index (χ1) is 12.7. The van der Waals surface area contributed by atoms with E-state index in [9.17, 15) is 5.26 Å². The van der Waals surface area contributed by atoms with Gasteiger partial charge in [-0.15, -0.1) is 0 Å². The third-order valence-electron chi connectivity index (χ3n) is 7.73. The standard InChI is InChI=1S/C25H45N/c1-3-5-7-8-10-23-15-18-25(21-26,19-16-23)20-17-24-13-11-22(12-14-24)9-6-4-2/h22-24H,3-20H2,1-2H3. The average molecular weight is 360 g/mol. The SMILES string of the molecule is CCCCCCC1CCC(C#N)(CCC2CCC(CCCC)CC2)CC1. The van der Waals surface area contributed by atoms with Gasteiger partial charge < -0.3 is 0 Å². The summed E-state index contributed by atoms with van der Waals surface area (Å²) in [5.74, 6) is 2.85. The average Bonchev–Trinajstić information content (AvgIpc) is 2.70. The lowest BCUT2D eigenvalue weighted by Crippen LogP contribution is -2.27. The molecule has 26 heavy (non-hydrogen) atoms. The van der Waals surface area contributed by atoms with Crippen molar-refractivity contribution in [2.45, 2.75) is 129 Å². The summed E-state index contributed by atoms with van der Waals surface area (Å²) in [6.07, 6.45) is 24.6. The van der Waals surface area contributed by atoms with Crippen LogP contribution in [0, 0.1) is 34.5 Å². The van der Waals surface area contributed by atoms with Gasteiger partial charge in [0.2, 0.25) is 0 Å². The molecule has 0 bridgehead atoms. The Bertz CT molecular complexity index is 391. The molecule has 0 radical (unpaired) electrons. The van der Waals surface area contributed by atoms with E-state index in [-0.39, 0.29) is 5.41 Å². The smallest absolute Gasteiger partial charge is 0.0689 e. The molecule has 0 spiro atoms. The van der Waals surface area contributed by atoms with Crippen molar-refractivity contribution in [2.75, 3.05) is 0 Å². The van der Waals surface area contributed by atoms with E-state index in [2.05, 4.69) is 19.9 Å². The van der Waals surface area contributed by atoms with Crippen LogP contribution in [0.25, 0.3) is 0 Å². The molecule has 2 aliphatic rings. The van der Waals surface area contributed by atoms with Crippen molar-refractivity contribution < 1.29 is 0 Å². The lowest BCUT2D eigenvalue weighted by atomic mass is 9.66. The molecule has 2 aliphatic carbocycles. The molecule has 1 heteroatoms. The van der Waals surface area contributed by atoms with Gasteiger partial charge in [-0.05, 0) is 56.3 Å². The highest BCUT2D eigenvalue weighted by atomic mass is 14.4. The normalized spacial score (nSPS) is 32.3. The van der Waals surface area contributed by atoms with Crippen LogP contribution in [0.5, 0.6) is 0 Å². The van der Waals surface area contributed by atoms with Crippen molar-refractivity contribution in [3.8, 4) is 6.07 Å². The van der Waals surface area contributed by atoms with Gasteiger partial charge in [0.25, 0.3) is 0 Å². The van der Waals surface area contributed by atoms with E-state index < -0.39 is 0 Å². The van der Waals surface area contributed by atoms with Gasteiger partial charge in [-0.1, -0.05) is 90.9 Å². The van der Waals surface area contributed by atoms with E-state index in [1.165, 1.54) is 116 Å². The molecule has 1 nitrogen and oxygen atoms in total. The van der Waals surface area contributed by atoms with Crippen molar-refractivity contribution in [3.05, 3.63) is 0 Å². The van der Waals surface area contributed by atoms with Crippen LogP contribution in [-0.4, -0.2) is 0 Å². The monoisotopic (exact) mass is 359 g/mol. The Morgan fingerprint density at radius 3 is 1.81 bits per heavy atom. The van der Waals surface area contributed by atoms with Gasteiger partial charge in [-0.3, -0.25) is 0 Å². The number of rotatable bonds is 11. The molecule has 2 rings (SSSR count). The summed E-state index contributed by atoms with van der Waals surface area (Å²) >= 11 is 0. The van der Waals surface area contributed by atoms with E-state index in [4.69, 9.17) is 0 Å². The van der Waals surface area contributed by atoms with E-state index >= 15 is 0 Å². The van der Waals surface area contributed by atoms with Gasteiger partial charge in [0.05, 0.1) is 11.5 Å². The molecule has 0 aromatic rings. The second kappa shape index (κ2) is 12.0. The van der Waals surface area contributed by atoms with E-state index in [1.54, 1.807) is 0 Å². The van der Waals surface area contributed by atoms with Crippen LogP contribution in [0.1, 0.15) is 129 Å². The Morgan fingerprint density at radius 1 is 0.692 bits per heavy atom. The highest BCUT2D eigenvalue weighted by Gasteiger charge is 2.35. The lowest BCUT2D eigenvalue weighted by molar-refractivity contribution is 0.162. The van der Waals surface area contributed by atoms with E-state index in [0.717, 1.165) is 17.8 Å². The zero-order valence-corrected chi connectivity index (χ0v) is 17.9. The molecular weight excluding hydrogens is 314 g/mol. The van der Waals surface area contributed by atoms with Crippen LogP contribution in [0.4, 0.5) is 0 Å². The van der Waals surface area contributed by atoms with Crippen LogP contribution >= 0.6 is 0 Å². The summed E-state index contributed by atoms with van der Waals surface area (Å²) in [5.41, 5.74) is 0.0407. The predicted octanol–water partition coefficient (Wildman–Crippen LogP) is 8.43. The molecule has 0 aliphatic heterocycles. The highest BCUT2D eigenvalue weighted by molar-refractivity contribution is 5.01. The first-order valence-corrected chi connectivity index (χ1v) is 12.1. The Hall–Kier alpha value is -0.510. The van der Waals surface area contributed by atoms with Crippen LogP contribution in [0.15, 0.2) is 0 Å². The van der Waals surface area contributed by atoms with Crippen LogP contribution in [0.2, 0.25) is 0 Å². The minimum Gasteiger partial charge on any atom is -0.198 e. The number of nitriles is 1. The van der Waals surface area contributed by atoms with Crippen molar-refractivity contribution >= 4 is 0 Å². The van der Waals surface area contributed by atoms with Gasteiger partial charge in [-0.25, -0.2) is 0 Å². The number of hydrogen-bond acceptors (Lipinski definition) is 1. The molecule has 0 aromatic carbocycles. The fourth-order valence-corrected chi connectivity index (χ4v) is 5.58. The molecule has 0 aromatic heterocycles. The lowest BCUT2D eigenvalue weighted by Gasteiger charge is -2.37. The van der Waals surface area contributed by atoms with Crippen LogP contribution < -0.4 is 0 Å². The Morgan fingerprint density at radius 2 is 1.23 bits per heavy atom. The Labute approximate surface area is 164 Å². The molecule has 150 valence electrons. The summed E-state index contributed by atoms with van der Waals surface area (Å²) in [4.78, 5) is 0. The van der Waals surface area contributed by atoms with Gasteiger partial charge in [0, 0.05) is 0 Å².